The molecule has 0 spiro atoms. The van der Waals surface area contributed by atoms with Gasteiger partial charge in [0.05, 0.1) is 6.61 Å². The fourth-order valence-corrected chi connectivity index (χ4v) is 2.60. The van der Waals surface area contributed by atoms with Crippen LogP contribution in [0.2, 0.25) is 0 Å². The van der Waals surface area contributed by atoms with Crippen LogP contribution in [0.1, 0.15) is 24.6 Å². The number of carbonyl (C=O) groups is 1. The number of nitrogens with zero attached hydrogens (tertiary/aromatic N) is 1. The minimum atomic E-state index is -0.201. The molecule has 2 heterocycles. The number of furan rings is 1. The number of rotatable bonds is 4. The number of amides is 1. The Balaban J connectivity index is 2.22. The Labute approximate surface area is 114 Å². The molecule has 2 rings (SSSR count). The summed E-state index contributed by atoms with van der Waals surface area (Å²) in [4.78, 5) is 13.8. The number of ether oxygens (including phenoxy) is 1. The summed E-state index contributed by atoms with van der Waals surface area (Å²) in [5.41, 5.74) is 6.13. The first-order valence-electron chi connectivity index (χ1n) is 5.92. The average molecular weight is 317 g/mol. The van der Waals surface area contributed by atoms with Gasteiger partial charge in [-0.25, -0.2) is 0 Å². The first-order chi connectivity index (χ1) is 8.63. The van der Waals surface area contributed by atoms with Crippen molar-refractivity contribution < 1.29 is 13.9 Å². The highest BCUT2D eigenvalue weighted by Crippen LogP contribution is 2.32. The van der Waals surface area contributed by atoms with Gasteiger partial charge in [-0.2, -0.15) is 0 Å². The molecule has 1 saturated heterocycles. The number of halogens is 1. The molecule has 2 N–H and O–H groups in total. The number of likely N-dealkylation sites (tertiary alicyclic amines) is 1. The fraction of sp³-hybridized carbons (Fsp3) is 0.583. The van der Waals surface area contributed by atoms with E-state index in [-0.39, 0.29) is 18.0 Å². The van der Waals surface area contributed by atoms with E-state index in [1.165, 1.54) is 0 Å². The predicted molar refractivity (Wildman–Crippen MR) is 69.9 cm³/mol. The second-order valence-corrected chi connectivity index (χ2v) is 5.15. The zero-order valence-corrected chi connectivity index (χ0v) is 11.9. The molecule has 0 aromatic carbocycles. The number of piperidine rings is 1. The molecule has 5 nitrogen and oxygen atoms in total. The SMILES string of the molecule is COCCN1C(=O)CCC(N)C1c1ccc(Br)o1. The van der Waals surface area contributed by atoms with Crippen LogP contribution in [0, 0.1) is 0 Å². The standard InChI is InChI=1S/C12H17BrN2O3/c1-17-7-6-15-11(16)5-2-8(14)12(15)9-3-4-10(13)18-9/h3-4,8,12H,2,5-7,14H2,1H3. The van der Waals surface area contributed by atoms with Crippen LogP contribution >= 0.6 is 15.9 Å². The van der Waals surface area contributed by atoms with Crippen molar-refractivity contribution in [3.63, 3.8) is 0 Å². The molecule has 1 aliphatic rings. The number of hydrogen-bond donors (Lipinski definition) is 1. The third-order valence-electron chi connectivity index (χ3n) is 3.18. The Kier molecular flexibility index (Phi) is 4.42. The molecule has 1 amide bonds. The van der Waals surface area contributed by atoms with Crippen LogP contribution in [-0.4, -0.2) is 37.1 Å². The predicted octanol–water partition coefficient (Wildman–Crippen LogP) is 1.68. The van der Waals surface area contributed by atoms with E-state index in [0.717, 1.165) is 5.76 Å². The zero-order valence-electron chi connectivity index (χ0n) is 10.3. The summed E-state index contributed by atoms with van der Waals surface area (Å²) in [6.45, 7) is 1.03. The largest absolute Gasteiger partial charge is 0.452 e. The van der Waals surface area contributed by atoms with Crippen molar-refractivity contribution in [3.8, 4) is 0 Å². The third kappa shape index (κ3) is 2.76. The highest BCUT2D eigenvalue weighted by Gasteiger charge is 2.36. The number of nitrogens with two attached hydrogens (primary N) is 1. The van der Waals surface area contributed by atoms with E-state index in [9.17, 15) is 4.79 Å². The number of methoxy groups -OCH3 is 1. The molecule has 1 aromatic rings. The second-order valence-electron chi connectivity index (χ2n) is 4.37. The summed E-state index contributed by atoms with van der Waals surface area (Å²) in [7, 11) is 1.62. The Bertz CT molecular complexity index is 421. The normalized spacial score (nSPS) is 24.6. The molecule has 0 aliphatic carbocycles. The molecule has 18 heavy (non-hydrogen) atoms. The van der Waals surface area contributed by atoms with Gasteiger partial charge < -0.3 is 19.8 Å². The maximum Gasteiger partial charge on any atom is 0.223 e. The summed E-state index contributed by atoms with van der Waals surface area (Å²) in [6.07, 6.45) is 1.18. The third-order valence-corrected chi connectivity index (χ3v) is 3.60. The zero-order chi connectivity index (χ0) is 13.1. The van der Waals surface area contributed by atoms with Gasteiger partial charge in [0.25, 0.3) is 0 Å². The molecule has 2 unspecified atom stereocenters. The topological polar surface area (TPSA) is 68.7 Å². The summed E-state index contributed by atoms with van der Waals surface area (Å²) in [5.74, 6) is 0.824. The summed E-state index contributed by atoms with van der Waals surface area (Å²) in [6, 6.07) is 3.37. The summed E-state index contributed by atoms with van der Waals surface area (Å²) >= 11 is 3.27. The highest BCUT2D eigenvalue weighted by atomic mass is 79.9. The quantitative estimate of drug-likeness (QED) is 0.917. The first-order valence-corrected chi connectivity index (χ1v) is 6.72. The van der Waals surface area contributed by atoms with Gasteiger partial charge in [-0.1, -0.05) is 0 Å². The number of hydrogen-bond acceptors (Lipinski definition) is 4. The molecular formula is C12H17BrN2O3. The lowest BCUT2D eigenvalue weighted by molar-refractivity contribution is -0.138. The molecule has 1 fully saturated rings. The first kappa shape index (κ1) is 13.6. The van der Waals surface area contributed by atoms with Crippen molar-refractivity contribution in [1.29, 1.82) is 0 Å². The maximum atomic E-state index is 12.0. The van der Waals surface area contributed by atoms with Crippen LogP contribution in [0.15, 0.2) is 21.2 Å². The van der Waals surface area contributed by atoms with Crippen LogP contribution in [0.4, 0.5) is 0 Å². The van der Waals surface area contributed by atoms with Crippen molar-refractivity contribution in [2.24, 2.45) is 5.73 Å². The lowest BCUT2D eigenvalue weighted by Gasteiger charge is -2.38. The van der Waals surface area contributed by atoms with Crippen LogP contribution in [0.5, 0.6) is 0 Å². The minimum Gasteiger partial charge on any atom is -0.452 e. The van der Waals surface area contributed by atoms with Crippen LogP contribution < -0.4 is 5.73 Å². The summed E-state index contributed by atoms with van der Waals surface area (Å²) in [5, 5.41) is 0. The Hall–Kier alpha value is -0.850. The fourth-order valence-electron chi connectivity index (χ4n) is 2.28. The van der Waals surface area contributed by atoms with E-state index in [0.29, 0.717) is 30.7 Å². The average Bonchev–Trinajstić information content (AvgIpc) is 2.76. The van der Waals surface area contributed by atoms with E-state index in [2.05, 4.69) is 15.9 Å². The number of carbonyl (C=O) groups excluding carboxylic acids is 1. The van der Waals surface area contributed by atoms with E-state index in [1.807, 2.05) is 12.1 Å². The van der Waals surface area contributed by atoms with Crippen molar-refractivity contribution in [2.45, 2.75) is 24.9 Å². The molecular weight excluding hydrogens is 300 g/mol. The van der Waals surface area contributed by atoms with E-state index in [4.69, 9.17) is 14.9 Å². The lowest BCUT2D eigenvalue weighted by atomic mass is 9.94. The van der Waals surface area contributed by atoms with Crippen molar-refractivity contribution in [3.05, 3.63) is 22.6 Å². The molecule has 1 aromatic heterocycles. The van der Waals surface area contributed by atoms with Gasteiger partial charge in [0.1, 0.15) is 11.8 Å². The minimum absolute atomic E-state index is 0.0994. The van der Waals surface area contributed by atoms with E-state index in [1.54, 1.807) is 12.0 Å². The van der Waals surface area contributed by atoms with Gasteiger partial charge in [-0.15, -0.1) is 0 Å². The molecule has 2 atom stereocenters. The van der Waals surface area contributed by atoms with Gasteiger partial charge in [0.2, 0.25) is 5.91 Å². The highest BCUT2D eigenvalue weighted by molar-refractivity contribution is 9.10. The summed E-state index contributed by atoms with van der Waals surface area (Å²) < 4.78 is 11.2. The molecule has 0 saturated carbocycles. The van der Waals surface area contributed by atoms with Gasteiger partial charge in [0.15, 0.2) is 4.67 Å². The van der Waals surface area contributed by atoms with Crippen molar-refractivity contribution >= 4 is 21.8 Å². The van der Waals surface area contributed by atoms with Crippen molar-refractivity contribution in [2.75, 3.05) is 20.3 Å². The van der Waals surface area contributed by atoms with Crippen molar-refractivity contribution in [1.82, 2.24) is 4.90 Å². The molecule has 0 bridgehead atoms. The second kappa shape index (κ2) is 5.86. The van der Waals surface area contributed by atoms with Gasteiger partial charge in [-0.05, 0) is 34.5 Å². The van der Waals surface area contributed by atoms with E-state index >= 15 is 0 Å². The molecule has 100 valence electrons. The Morgan fingerprint density at radius 1 is 1.61 bits per heavy atom. The Morgan fingerprint density at radius 3 is 3.00 bits per heavy atom. The van der Waals surface area contributed by atoms with Gasteiger partial charge >= 0.3 is 0 Å². The molecule has 6 heteroatoms. The molecule has 1 aliphatic heterocycles. The lowest BCUT2D eigenvalue weighted by Crippen LogP contribution is -2.49. The monoisotopic (exact) mass is 316 g/mol. The van der Waals surface area contributed by atoms with Crippen LogP contribution in [-0.2, 0) is 9.53 Å². The Morgan fingerprint density at radius 2 is 2.39 bits per heavy atom. The van der Waals surface area contributed by atoms with Gasteiger partial charge in [-0.3, -0.25) is 4.79 Å². The molecule has 0 radical (unpaired) electrons. The maximum absolute atomic E-state index is 12.0. The smallest absolute Gasteiger partial charge is 0.223 e. The van der Waals surface area contributed by atoms with Crippen LogP contribution in [0.3, 0.4) is 0 Å². The van der Waals surface area contributed by atoms with Crippen LogP contribution in [0.25, 0.3) is 0 Å². The van der Waals surface area contributed by atoms with E-state index < -0.39 is 0 Å². The van der Waals surface area contributed by atoms with Gasteiger partial charge in [0, 0.05) is 26.1 Å².